The topological polar surface area (TPSA) is 68.0 Å². The van der Waals surface area contributed by atoms with Gasteiger partial charge in [-0.15, -0.1) is 0 Å². The predicted octanol–water partition coefficient (Wildman–Crippen LogP) is 1.27. The molecule has 4 nitrogen and oxygen atoms in total. The van der Waals surface area contributed by atoms with Crippen molar-refractivity contribution in [2.24, 2.45) is 5.84 Å². The van der Waals surface area contributed by atoms with Gasteiger partial charge in [-0.2, -0.15) is 13.2 Å². The Balaban J connectivity index is 3.22. The monoisotopic (exact) mass is 233 g/mol. The van der Waals surface area contributed by atoms with Crippen LogP contribution in [0.3, 0.4) is 0 Å². The Labute approximate surface area is 89.6 Å². The molecule has 0 fully saturated rings. The van der Waals surface area contributed by atoms with Crippen LogP contribution in [0.25, 0.3) is 0 Å². The lowest BCUT2D eigenvalue weighted by atomic mass is 10.1. The molecule has 1 aromatic rings. The first kappa shape index (κ1) is 12.4. The fourth-order valence-electron chi connectivity index (χ4n) is 1.21. The smallest absolute Gasteiger partial charge is 0.289 e. The van der Waals surface area contributed by atoms with Gasteiger partial charge in [0.1, 0.15) is 5.69 Å². The van der Waals surface area contributed by atoms with E-state index >= 15 is 0 Å². The number of aromatic nitrogens is 1. The van der Waals surface area contributed by atoms with Crippen molar-refractivity contribution in [2.45, 2.75) is 19.5 Å². The highest BCUT2D eigenvalue weighted by atomic mass is 19.4. The molecule has 1 heterocycles. The van der Waals surface area contributed by atoms with Crippen LogP contribution < -0.4 is 11.3 Å². The van der Waals surface area contributed by atoms with Gasteiger partial charge in [0.25, 0.3) is 5.91 Å². The van der Waals surface area contributed by atoms with Crippen LogP contribution in [0.1, 0.15) is 28.5 Å². The van der Waals surface area contributed by atoms with E-state index in [2.05, 4.69) is 4.98 Å². The Morgan fingerprint density at radius 3 is 2.62 bits per heavy atom. The summed E-state index contributed by atoms with van der Waals surface area (Å²) in [6, 6.07) is 0.900. The molecule has 0 aromatic carbocycles. The summed E-state index contributed by atoms with van der Waals surface area (Å²) in [7, 11) is 0. The molecule has 0 bridgehead atoms. The minimum atomic E-state index is -4.46. The molecule has 7 heteroatoms. The summed E-state index contributed by atoms with van der Waals surface area (Å²) in [5, 5.41) is 0. The van der Waals surface area contributed by atoms with E-state index in [1.807, 2.05) is 5.43 Å². The highest BCUT2D eigenvalue weighted by Crippen LogP contribution is 2.29. The van der Waals surface area contributed by atoms with Crippen LogP contribution in [0, 0.1) is 0 Å². The third-order valence-electron chi connectivity index (χ3n) is 2.02. The van der Waals surface area contributed by atoms with Crippen LogP contribution in [0.15, 0.2) is 12.3 Å². The molecule has 0 aliphatic heterocycles. The lowest BCUT2D eigenvalue weighted by Gasteiger charge is -2.10. The van der Waals surface area contributed by atoms with Crippen molar-refractivity contribution in [3.8, 4) is 0 Å². The number of carbonyl (C=O) groups is 1. The third kappa shape index (κ3) is 2.48. The van der Waals surface area contributed by atoms with Crippen molar-refractivity contribution in [1.82, 2.24) is 10.4 Å². The van der Waals surface area contributed by atoms with E-state index in [4.69, 9.17) is 5.84 Å². The Bertz CT molecular complexity index is 403. The molecule has 0 aliphatic carbocycles. The van der Waals surface area contributed by atoms with Crippen LogP contribution >= 0.6 is 0 Å². The first-order valence-corrected chi connectivity index (χ1v) is 4.47. The molecule has 0 unspecified atom stereocenters. The summed E-state index contributed by atoms with van der Waals surface area (Å²) in [6.45, 7) is 1.63. The van der Waals surface area contributed by atoms with Crippen molar-refractivity contribution < 1.29 is 18.0 Å². The zero-order valence-corrected chi connectivity index (χ0v) is 8.43. The summed E-state index contributed by atoms with van der Waals surface area (Å²) in [5.74, 6) is 4.19. The number of aryl methyl sites for hydroxylation is 1. The molecule has 1 aromatic heterocycles. The van der Waals surface area contributed by atoms with Crippen molar-refractivity contribution in [3.63, 3.8) is 0 Å². The second kappa shape index (κ2) is 4.48. The maximum absolute atomic E-state index is 12.4. The highest BCUT2D eigenvalue weighted by Gasteiger charge is 2.31. The molecular weight excluding hydrogens is 223 g/mol. The Morgan fingerprint density at radius 2 is 2.19 bits per heavy atom. The minimum Gasteiger partial charge on any atom is -0.289 e. The third-order valence-corrected chi connectivity index (χ3v) is 2.02. The van der Waals surface area contributed by atoms with E-state index < -0.39 is 17.6 Å². The largest absolute Gasteiger partial charge is 0.417 e. The summed E-state index contributed by atoms with van der Waals surface area (Å²) in [5.41, 5.74) is 1.08. The number of hydrazine groups is 1. The van der Waals surface area contributed by atoms with E-state index in [0.717, 1.165) is 6.07 Å². The highest BCUT2D eigenvalue weighted by molar-refractivity contribution is 5.93. The Morgan fingerprint density at radius 1 is 1.56 bits per heavy atom. The van der Waals surface area contributed by atoms with Gasteiger partial charge in [-0.3, -0.25) is 15.2 Å². The zero-order valence-electron chi connectivity index (χ0n) is 8.43. The van der Waals surface area contributed by atoms with E-state index in [1.165, 1.54) is 0 Å². The second-order valence-corrected chi connectivity index (χ2v) is 3.06. The fraction of sp³-hybridized carbons (Fsp3) is 0.333. The van der Waals surface area contributed by atoms with Crippen molar-refractivity contribution >= 4 is 5.91 Å². The quantitative estimate of drug-likeness (QED) is 0.459. The number of carbonyl (C=O) groups excluding carboxylic acids is 1. The second-order valence-electron chi connectivity index (χ2n) is 3.06. The Hall–Kier alpha value is -1.63. The molecule has 88 valence electrons. The van der Waals surface area contributed by atoms with E-state index in [1.54, 1.807) is 6.92 Å². The average molecular weight is 233 g/mol. The number of hydrogen-bond donors (Lipinski definition) is 2. The van der Waals surface area contributed by atoms with Crippen LogP contribution in [-0.4, -0.2) is 10.9 Å². The van der Waals surface area contributed by atoms with Crippen molar-refractivity contribution in [1.29, 1.82) is 0 Å². The molecule has 3 N–H and O–H groups in total. The number of nitrogens with one attached hydrogen (secondary N) is 1. The molecule has 0 atom stereocenters. The molecule has 16 heavy (non-hydrogen) atoms. The maximum atomic E-state index is 12.4. The van der Waals surface area contributed by atoms with Gasteiger partial charge < -0.3 is 0 Å². The first-order chi connectivity index (χ1) is 7.40. The van der Waals surface area contributed by atoms with Gasteiger partial charge in [0.05, 0.1) is 5.56 Å². The summed E-state index contributed by atoms with van der Waals surface area (Å²) in [4.78, 5) is 14.6. The maximum Gasteiger partial charge on any atom is 0.417 e. The average Bonchev–Trinajstić information content (AvgIpc) is 2.26. The van der Waals surface area contributed by atoms with E-state index in [0.29, 0.717) is 6.20 Å². The van der Waals surface area contributed by atoms with Crippen LogP contribution in [0.4, 0.5) is 13.2 Å². The van der Waals surface area contributed by atoms with Crippen molar-refractivity contribution in [2.75, 3.05) is 0 Å². The lowest BCUT2D eigenvalue weighted by molar-refractivity contribution is -0.137. The number of halogens is 3. The molecule has 1 rings (SSSR count). The molecule has 0 spiro atoms. The SMILES string of the molecule is CCc1cc(C(F)(F)F)cnc1C(=O)NN. The molecule has 0 aliphatic rings. The number of nitrogens with two attached hydrogens (primary N) is 1. The summed E-state index contributed by atoms with van der Waals surface area (Å²) in [6.07, 6.45) is -3.59. The minimum absolute atomic E-state index is 0.0852. The van der Waals surface area contributed by atoms with Gasteiger partial charge >= 0.3 is 6.18 Å². The molecule has 0 saturated heterocycles. The Kier molecular flexibility index (Phi) is 3.48. The normalized spacial score (nSPS) is 11.3. The van der Waals surface area contributed by atoms with Gasteiger partial charge in [-0.1, -0.05) is 6.92 Å². The zero-order chi connectivity index (χ0) is 12.3. The molecule has 0 saturated carbocycles. The first-order valence-electron chi connectivity index (χ1n) is 4.47. The number of rotatable bonds is 2. The number of alkyl halides is 3. The standard InChI is InChI=1S/C9H10F3N3O/c1-2-5-3-6(9(10,11)12)4-14-7(5)8(16)15-13/h3-4H,2,13H2,1H3,(H,15,16). The summed E-state index contributed by atoms with van der Waals surface area (Å²) < 4.78 is 37.1. The number of pyridine rings is 1. The number of nitrogen functional groups attached to an aromatic ring is 1. The van der Waals surface area contributed by atoms with Gasteiger partial charge in [-0.25, -0.2) is 5.84 Å². The predicted molar refractivity (Wildman–Crippen MR) is 50.3 cm³/mol. The van der Waals surface area contributed by atoms with Gasteiger partial charge in [0.15, 0.2) is 0 Å². The molecule has 0 radical (unpaired) electrons. The van der Waals surface area contributed by atoms with Crippen LogP contribution in [0.5, 0.6) is 0 Å². The van der Waals surface area contributed by atoms with Crippen molar-refractivity contribution in [3.05, 3.63) is 29.1 Å². The fourth-order valence-corrected chi connectivity index (χ4v) is 1.21. The van der Waals surface area contributed by atoms with E-state index in [-0.39, 0.29) is 17.7 Å². The van der Waals surface area contributed by atoms with Gasteiger partial charge in [0.2, 0.25) is 0 Å². The number of nitrogens with zero attached hydrogens (tertiary/aromatic N) is 1. The molecule has 1 amide bonds. The van der Waals surface area contributed by atoms with E-state index in [9.17, 15) is 18.0 Å². The van der Waals surface area contributed by atoms with Crippen LogP contribution in [0.2, 0.25) is 0 Å². The molecular formula is C9H10F3N3O. The van der Waals surface area contributed by atoms with Gasteiger partial charge in [-0.05, 0) is 18.1 Å². The van der Waals surface area contributed by atoms with Crippen LogP contribution in [-0.2, 0) is 12.6 Å². The number of amides is 1. The lowest BCUT2D eigenvalue weighted by Crippen LogP contribution is -2.31. The number of hydrogen-bond acceptors (Lipinski definition) is 3. The summed E-state index contributed by atoms with van der Waals surface area (Å²) >= 11 is 0. The van der Waals surface area contributed by atoms with Gasteiger partial charge in [0, 0.05) is 6.20 Å².